The number of carboxylic acids is 1. The second-order valence-corrected chi connectivity index (χ2v) is 7.00. The molecular weight excluding hydrogens is 302 g/mol. The van der Waals surface area contributed by atoms with Gasteiger partial charge in [0.05, 0.1) is 11.8 Å². The lowest BCUT2D eigenvalue weighted by Gasteiger charge is -2.28. The van der Waals surface area contributed by atoms with Crippen LogP contribution in [0.3, 0.4) is 0 Å². The average Bonchev–Trinajstić information content (AvgIpc) is 3.14. The molecule has 0 radical (unpaired) electrons. The Bertz CT molecular complexity index is 721. The third-order valence-electron chi connectivity index (χ3n) is 4.73. The predicted molar refractivity (Wildman–Crippen MR) is 82.9 cm³/mol. The van der Waals surface area contributed by atoms with E-state index in [1.54, 1.807) is 11.1 Å². The molecule has 2 aromatic rings. The van der Waals surface area contributed by atoms with Crippen molar-refractivity contribution in [1.82, 2.24) is 14.3 Å². The minimum absolute atomic E-state index is 0.00398. The quantitative estimate of drug-likeness (QED) is 0.933. The van der Waals surface area contributed by atoms with Crippen molar-refractivity contribution in [3.63, 3.8) is 0 Å². The van der Waals surface area contributed by atoms with Crippen LogP contribution in [-0.4, -0.2) is 44.4 Å². The van der Waals surface area contributed by atoms with Gasteiger partial charge in [-0.25, -0.2) is 4.98 Å². The summed E-state index contributed by atoms with van der Waals surface area (Å²) < 4.78 is 1.91. The Balaban J connectivity index is 1.74. The largest absolute Gasteiger partial charge is 0.481 e. The van der Waals surface area contributed by atoms with Crippen LogP contribution in [0.1, 0.15) is 26.0 Å². The van der Waals surface area contributed by atoms with Gasteiger partial charge in [-0.2, -0.15) is 0 Å². The lowest BCUT2D eigenvalue weighted by Crippen LogP contribution is -2.41. The summed E-state index contributed by atoms with van der Waals surface area (Å²) in [7, 11) is 0. The number of amides is 1. The highest BCUT2D eigenvalue weighted by atomic mass is 32.1. The van der Waals surface area contributed by atoms with Crippen molar-refractivity contribution in [2.24, 2.45) is 11.3 Å². The summed E-state index contributed by atoms with van der Waals surface area (Å²) in [4.78, 5) is 30.9. The maximum Gasteiger partial charge on any atom is 0.311 e. The third kappa shape index (κ3) is 2.29. The van der Waals surface area contributed by atoms with Gasteiger partial charge in [0.25, 0.3) is 0 Å². The van der Waals surface area contributed by atoms with E-state index in [2.05, 4.69) is 4.98 Å². The zero-order valence-electron chi connectivity index (χ0n) is 12.7. The van der Waals surface area contributed by atoms with E-state index in [0.29, 0.717) is 19.5 Å². The van der Waals surface area contributed by atoms with Crippen molar-refractivity contribution in [3.8, 4) is 0 Å². The summed E-state index contributed by atoms with van der Waals surface area (Å²) in [6.45, 7) is 4.64. The maximum atomic E-state index is 12.5. The number of imidazole rings is 1. The van der Waals surface area contributed by atoms with Gasteiger partial charge in [-0.05, 0) is 12.3 Å². The van der Waals surface area contributed by atoms with Gasteiger partial charge in [0.15, 0.2) is 4.96 Å². The molecule has 3 rings (SSSR count). The number of fused-ring (bicyclic) bond motifs is 1. The van der Waals surface area contributed by atoms with Gasteiger partial charge in [-0.3, -0.25) is 14.0 Å². The van der Waals surface area contributed by atoms with Gasteiger partial charge in [-0.15, -0.1) is 11.3 Å². The van der Waals surface area contributed by atoms with Gasteiger partial charge >= 0.3 is 5.97 Å². The smallest absolute Gasteiger partial charge is 0.311 e. The summed E-state index contributed by atoms with van der Waals surface area (Å²) in [5.74, 6) is -0.813. The Labute approximate surface area is 132 Å². The number of nitrogens with zero attached hydrogens (tertiary/aromatic N) is 3. The number of likely N-dealkylation sites (tertiary alicyclic amines) is 1. The number of aromatic nitrogens is 2. The summed E-state index contributed by atoms with van der Waals surface area (Å²) in [6, 6.07) is 0. The molecule has 0 saturated carbocycles. The molecule has 22 heavy (non-hydrogen) atoms. The van der Waals surface area contributed by atoms with Gasteiger partial charge < -0.3 is 10.0 Å². The molecule has 0 bridgehead atoms. The highest BCUT2D eigenvalue weighted by Crippen LogP contribution is 2.38. The van der Waals surface area contributed by atoms with Crippen LogP contribution < -0.4 is 0 Å². The van der Waals surface area contributed by atoms with Crippen LogP contribution in [0.25, 0.3) is 4.96 Å². The lowest BCUT2D eigenvalue weighted by molar-refractivity contribution is -0.151. The van der Waals surface area contributed by atoms with E-state index in [4.69, 9.17) is 0 Å². The highest BCUT2D eigenvalue weighted by molar-refractivity contribution is 7.15. The van der Waals surface area contributed by atoms with Crippen molar-refractivity contribution >= 4 is 28.2 Å². The highest BCUT2D eigenvalue weighted by Gasteiger charge is 2.48. The standard InChI is InChI=1S/C15H19N3O3S/c1-10(2)15(13(20)21)3-5-17(9-15)12(19)7-11-8-22-14-16-4-6-18(11)14/h4,6,8,10H,3,5,7,9H2,1-2H3,(H,20,21). The first-order chi connectivity index (χ1) is 10.4. The molecule has 0 aliphatic carbocycles. The molecule has 1 amide bonds. The molecule has 1 unspecified atom stereocenters. The first-order valence-corrected chi connectivity index (χ1v) is 8.22. The minimum Gasteiger partial charge on any atom is -0.481 e. The molecule has 3 heterocycles. The molecule has 0 aromatic carbocycles. The van der Waals surface area contributed by atoms with Crippen molar-refractivity contribution in [2.75, 3.05) is 13.1 Å². The fraction of sp³-hybridized carbons (Fsp3) is 0.533. The van der Waals surface area contributed by atoms with Gasteiger partial charge in [0, 0.05) is 36.6 Å². The topological polar surface area (TPSA) is 74.9 Å². The number of aliphatic carboxylic acids is 1. The van der Waals surface area contributed by atoms with Gasteiger partial charge in [0.2, 0.25) is 5.91 Å². The molecule has 1 aliphatic heterocycles. The summed E-state index contributed by atoms with van der Waals surface area (Å²) >= 11 is 1.50. The van der Waals surface area contributed by atoms with Crippen LogP contribution in [0.5, 0.6) is 0 Å². The lowest BCUT2D eigenvalue weighted by atomic mass is 9.76. The van der Waals surface area contributed by atoms with Crippen LogP contribution >= 0.6 is 11.3 Å². The van der Waals surface area contributed by atoms with E-state index in [1.807, 2.05) is 29.8 Å². The van der Waals surface area contributed by atoms with Crippen molar-refractivity contribution in [3.05, 3.63) is 23.5 Å². The number of carbonyl (C=O) groups is 2. The van der Waals surface area contributed by atoms with E-state index in [0.717, 1.165) is 10.7 Å². The Kier molecular flexibility index (Phi) is 3.68. The third-order valence-corrected chi connectivity index (χ3v) is 5.64. The normalized spacial score (nSPS) is 21.9. The number of carboxylic acid groups (broad SMARTS) is 1. The zero-order valence-corrected chi connectivity index (χ0v) is 13.5. The van der Waals surface area contributed by atoms with Gasteiger partial charge in [-0.1, -0.05) is 13.8 Å². The minimum atomic E-state index is -0.811. The van der Waals surface area contributed by atoms with Crippen molar-refractivity contribution in [1.29, 1.82) is 0 Å². The van der Waals surface area contributed by atoms with Crippen LogP contribution in [0, 0.1) is 11.3 Å². The average molecular weight is 321 g/mol. The number of hydrogen-bond donors (Lipinski definition) is 1. The van der Waals surface area contributed by atoms with E-state index in [-0.39, 0.29) is 18.2 Å². The van der Waals surface area contributed by atoms with Crippen molar-refractivity contribution < 1.29 is 14.7 Å². The molecule has 1 N–H and O–H groups in total. The monoisotopic (exact) mass is 321 g/mol. The van der Waals surface area contributed by atoms with Gasteiger partial charge in [0.1, 0.15) is 0 Å². The second kappa shape index (κ2) is 5.39. The first kappa shape index (κ1) is 15.0. The van der Waals surface area contributed by atoms with E-state index < -0.39 is 11.4 Å². The Morgan fingerprint density at radius 2 is 2.27 bits per heavy atom. The summed E-state index contributed by atoms with van der Waals surface area (Å²) in [5.41, 5.74) is 0.0918. The molecule has 1 saturated heterocycles. The van der Waals surface area contributed by atoms with Crippen molar-refractivity contribution in [2.45, 2.75) is 26.7 Å². The van der Waals surface area contributed by atoms with Crippen LogP contribution in [0.15, 0.2) is 17.8 Å². The van der Waals surface area contributed by atoms with E-state index >= 15 is 0 Å². The predicted octanol–water partition coefficient (Wildman–Crippen LogP) is 1.90. The molecule has 1 aliphatic rings. The van der Waals surface area contributed by atoms with Crippen LogP contribution in [0.2, 0.25) is 0 Å². The molecule has 0 spiro atoms. The Morgan fingerprint density at radius 1 is 1.50 bits per heavy atom. The summed E-state index contributed by atoms with van der Waals surface area (Å²) in [5, 5.41) is 11.5. The molecule has 2 aromatic heterocycles. The first-order valence-electron chi connectivity index (χ1n) is 7.34. The van der Waals surface area contributed by atoms with E-state index in [9.17, 15) is 14.7 Å². The molecule has 7 heteroatoms. The molecule has 1 fully saturated rings. The number of hydrogen-bond acceptors (Lipinski definition) is 4. The summed E-state index contributed by atoms with van der Waals surface area (Å²) in [6.07, 6.45) is 4.36. The zero-order chi connectivity index (χ0) is 15.9. The fourth-order valence-electron chi connectivity index (χ4n) is 3.11. The number of thiazole rings is 1. The second-order valence-electron chi connectivity index (χ2n) is 6.16. The molecule has 118 valence electrons. The molecular formula is C15H19N3O3S. The Hall–Kier alpha value is -1.89. The Morgan fingerprint density at radius 3 is 2.91 bits per heavy atom. The molecule has 1 atom stereocenters. The number of rotatable bonds is 4. The van der Waals surface area contributed by atoms with E-state index in [1.165, 1.54) is 11.3 Å². The SMILES string of the molecule is CC(C)C1(C(=O)O)CCN(C(=O)Cc2csc3nccn23)C1. The number of carbonyl (C=O) groups excluding carboxylic acids is 1. The van der Waals surface area contributed by atoms with Crippen LogP contribution in [0.4, 0.5) is 0 Å². The van der Waals surface area contributed by atoms with Crippen LogP contribution in [-0.2, 0) is 16.0 Å². The maximum absolute atomic E-state index is 12.5. The molecule has 6 nitrogen and oxygen atoms in total. The fourth-order valence-corrected chi connectivity index (χ4v) is 3.96.